The molecule has 0 radical (unpaired) electrons. The van der Waals surface area contributed by atoms with Gasteiger partial charge in [-0.3, -0.25) is 14.6 Å². The van der Waals surface area contributed by atoms with Gasteiger partial charge in [0.2, 0.25) is 5.84 Å². The monoisotopic (exact) mass is 218 g/mol. The van der Waals surface area contributed by atoms with Crippen LogP contribution in [0, 0.1) is 10.1 Å². The van der Waals surface area contributed by atoms with Crippen molar-refractivity contribution >= 4 is 11.5 Å². The normalized spacial score (nSPS) is 17.2. The van der Waals surface area contributed by atoms with Crippen LogP contribution in [0.5, 0.6) is 0 Å². The lowest BCUT2D eigenvalue weighted by atomic mass is 10.1. The first kappa shape index (κ1) is 10.5. The first-order chi connectivity index (χ1) is 7.50. The zero-order chi connectivity index (χ0) is 11.8. The highest BCUT2D eigenvalue weighted by molar-refractivity contribution is 5.95. The fourth-order valence-corrected chi connectivity index (χ4v) is 1.63. The number of quaternary nitrogens is 1. The fraction of sp³-hybridized carbons (Fsp3) is 0.182. The van der Waals surface area contributed by atoms with E-state index in [2.05, 4.69) is 4.99 Å². The summed E-state index contributed by atoms with van der Waals surface area (Å²) in [6.07, 6.45) is 3.70. The Labute approximate surface area is 93.1 Å². The van der Waals surface area contributed by atoms with E-state index in [0.29, 0.717) is 4.48 Å². The summed E-state index contributed by atoms with van der Waals surface area (Å²) in [4.78, 5) is 14.4. The van der Waals surface area contributed by atoms with Crippen molar-refractivity contribution in [3.05, 3.63) is 52.3 Å². The number of rotatable bonds is 2. The Balaban J connectivity index is 2.34. The van der Waals surface area contributed by atoms with E-state index in [1.54, 1.807) is 18.3 Å². The molecule has 0 aliphatic carbocycles. The zero-order valence-corrected chi connectivity index (χ0v) is 9.12. The summed E-state index contributed by atoms with van der Waals surface area (Å²) >= 11 is 0. The molecule has 1 aliphatic heterocycles. The van der Waals surface area contributed by atoms with E-state index >= 15 is 0 Å². The number of non-ortho nitro benzene ring substituents is 1. The topological polar surface area (TPSA) is 55.5 Å². The highest BCUT2D eigenvalue weighted by atomic mass is 16.6. The third-order valence-electron chi connectivity index (χ3n) is 2.52. The molecule has 82 valence electrons. The quantitative estimate of drug-likeness (QED) is 0.432. The Morgan fingerprint density at radius 2 is 1.88 bits per heavy atom. The first-order valence-corrected chi connectivity index (χ1v) is 4.85. The maximum atomic E-state index is 10.5. The number of aliphatic imine (C=N–C) groups is 1. The molecule has 0 aromatic heterocycles. The van der Waals surface area contributed by atoms with Crippen molar-refractivity contribution in [2.24, 2.45) is 4.99 Å². The maximum Gasteiger partial charge on any atom is 0.269 e. The molecule has 1 aliphatic rings. The summed E-state index contributed by atoms with van der Waals surface area (Å²) in [5.74, 6) is 0.884. The smallest absolute Gasteiger partial charge is 0.258 e. The molecule has 0 saturated carbocycles. The molecule has 2 rings (SSSR count). The SMILES string of the molecule is C[N+]1(C)C=CN=C1c1ccc([N+](=O)[O-])cc1. The van der Waals surface area contributed by atoms with Crippen molar-refractivity contribution in [3.8, 4) is 0 Å². The predicted molar refractivity (Wildman–Crippen MR) is 60.9 cm³/mol. The van der Waals surface area contributed by atoms with Crippen LogP contribution in [-0.4, -0.2) is 29.3 Å². The third-order valence-corrected chi connectivity index (χ3v) is 2.52. The van der Waals surface area contributed by atoms with Crippen LogP contribution < -0.4 is 0 Å². The molecule has 5 nitrogen and oxygen atoms in total. The Bertz CT molecular complexity index is 486. The van der Waals surface area contributed by atoms with Gasteiger partial charge in [0.25, 0.3) is 5.69 Å². The maximum absolute atomic E-state index is 10.5. The molecular weight excluding hydrogens is 206 g/mol. The van der Waals surface area contributed by atoms with E-state index in [1.165, 1.54) is 12.1 Å². The molecular formula is C11H12N3O2+. The van der Waals surface area contributed by atoms with Crippen molar-refractivity contribution in [3.63, 3.8) is 0 Å². The van der Waals surface area contributed by atoms with Crippen LogP contribution in [0.3, 0.4) is 0 Å². The minimum absolute atomic E-state index is 0.0978. The van der Waals surface area contributed by atoms with E-state index < -0.39 is 4.92 Å². The Morgan fingerprint density at radius 3 is 2.31 bits per heavy atom. The predicted octanol–water partition coefficient (Wildman–Crippen LogP) is 1.90. The molecule has 1 aromatic rings. The minimum atomic E-state index is -0.404. The zero-order valence-electron chi connectivity index (χ0n) is 9.12. The van der Waals surface area contributed by atoms with E-state index in [9.17, 15) is 10.1 Å². The molecule has 1 heterocycles. The highest BCUT2D eigenvalue weighted by Gasteiger charge is 2.27. The van der Waals surface area contributed by atoms with Crippen LogP contribution in [0.4, 0.5) is 5.69 Å². The number of nitrogens with zero attached hydrogens (tertiary/aromatic N) is 3. The van der Waals surface area contributed by atoms with Gasteiger partial charge in [0.05, 0.1) is 30.8 Å². The standard InChI is InChI=1S/C11H12N3O2/c1-14(2)8-7-12-11(14)9-3-5-10(6-4-9)13(15)16/h3-8H,1-2H3/q+1. The lowest BCUT2D eigenvalue weighted by Gasteiger charge is -2.21. The summed E-state index contributed by atoms with van der Waals surface area (Å²) in [5, 5.41) is 10.5. The molecule has 0 unspecified atom stereocenters. The van der Waals surface area contributed by atoms with E-state index in [4.69, 9.17) is 0 Å². The van der Waals surface area contributed by atoms with Crippen LogP contribution in [0.1, 0.15) is 5.56 Å². The lowest BCUT2D eigenvalue weighted by molar-refractivity contribution is -0.738. The van der Waals surface area contributed by atoms with Crippen LogP contribution >= 0.6 is 0 Å². The largest absolute Gasteiger partial charge is 0.269 e. The summed E-state index contributed by atoms with van der Waals surface area (Å²) in [7, 11) is 4.01. The number of nitro benzene ring substituents is 1. The van der Waals surface area contributed by atoms with Gasteiger partial charge >= 0.3 is 0 Å². The second-order valence-electron chi connectivity index (χ2n) is 4.09. The summed E-state index contributed by atoms with van der Waals surface area (Å²) in [6.45, 7) is 0. The van der Waals surface area contributed by atoms with Gasteiger partial charge in [-0.15, -0.1) is 0 Å². The van der Waals surface area contributed by atoms with Crippen LogP contribution in [0.15, 0.2) is 41.7 Å². The van der Waals surface area contributed by atoms with Crippen molar-refractivity contribution in [2.75, 3.05) is 14.1 Å². The van der Waals surface area contributed by atoms with Gasteiger partial charge in [-0.25, -0.2) is 0 Å². The Hall–Kier alpha value is -2.01. The second-order valence-corrected chi connectivity index (χ2v) is 4.09. The number of hydrogen-bond donors (Lipinski definition) is 0. The molecule has 0 saturated heterocycles. The van der Waals surface area contributed by atoms with Gasteiger partial charge in [-0.1, -0.05) is 0 Å². The fourth-order valence-electron chi connectivity index (χ4n) is 1.63. The molecule has 5 heteroatoms. The molecule has 0 bridgehead atoms. The first-order valence-electron chi connectivity index (χ1n) is 4.85. The van der Waals surface area contributed by atoms with Crippen molar-refractivity contribution in [1.82, 2.24) is 0 Å². The van der Waals surface area contributed by atoms with Gasteiger partial charge in [0.1, 0.15) is 6.20 Å². The molecule has 0 atom stereocenters. The number of amidine groups is 1. The Kier molecular flexibility index (Phi) is 2.32. The van der Waals surface area contributed by atoms with Gasteiger partial charge in [-0.05, 0) is 12.1 Å². The Morgan fingerprint density at radius 1 is 1.25 bits per heavy atom. The van der Waals surface area contributed by atoms with Gasteiger partial charge < -0.3 is 0 Å². The molecule has 1 aromatic carbocycles. The highest BCUT2D eigenvalue weighted by Crippen LogP contribution is 2.19. The molecule has 0 N–H and O–H groups in total. The van der Waals surface area contributed by atoms with Crippen LogP contribution in [-0.2, 0) is 0 Å². The summed E-state index contributed by atoms with van der Waals surface area (Å²) in [6, 6.07) is 6.44. The number of hydrogen-bond acceptors (Lipinski definition) is 3. The molecule has 0 spiro atoms. The molecule has 0 fully saturated rings. The van der Waals surface area contributed by atoms with Crippen molar-refractivity contribution < 1.29 is 9.41 Å². The van der Waals surface area contributed by atoms with Crippen molar-refractivity contribution in [1.29, 1.82) is 0 Å². The summed E-state index contributed by atoms with van der Waals surface area (Å²) in [5.41, 5.74) is 1.00. The van der Waals surface area contributed by atoms with Gasteiger partial charge in [0, 0.05) is 12.1 Å². The van der Waals surface area contributed by atoms with Crippen LogP contribution in [0.25, 0.3) is 0 Å². The molecule has 16 heavy (non-hydrogen) atoms. The average Bonchev–Trinajstić information content (AvgIpc) is 2.58. The van der Waals surface area contributed by atoms with E-state index in [1.807, 2.05) is 20.3 Å². The van der Waals surface area contributed by atoms with Gasteiger partial charge in [-0.2, -0.15) is 4.99 Å². The van der Waals surface area contributed by atoms with Crippen molar-refractivity contribution in [2.45, 2.75) is 0 Å². The van der Waals surface area contributed by atoms with Gasteiger partial charge in [0.15, 0.2) is 0 Å². The molecule has 0 amide bonds. The second kappa shape index (κ2) is 3.53. The minimum Gasteiger partial charge on any atom is -0.258 e. The summed E-state index contributed by atoms with van der Waals surface area (Å²) < 4.78 is 0.553. The van der Waals surface area contributed by atoms with E-state index in [0.717, 1.165) is 11.4 Å². The number of nitro groups is 1. The van der Waals surface area contributed by atoms with Crippen LogP contribution in [0.2, 0.25) is 0 Å². The van der Waals surface area contributed by atoms with E-state index in [-0.39, 0.29) is 5.69 Å². The lowest BCUT2D eigenvalue weighted by Crippen LogP contribution is -2.38. The number of benzene rings is 1. The average molecular weight is 218 g/mol. The third kappa shape index (κ3) is 1.72.